The van der Waals surface area contributed by atoms with Crippen molar-refractivity contribution in [3.05, 3.63) is 46.2 Å². The third-order valence-electron chi connectivity index (χ3n) is 2.24. The average molecular weight is 302 g/mol. The van der Waals surface area contributed by atoms with Gasteiger partial charge in [0.1, 0.15) is 17.3 Å². The molecule has 0 unspecified atom stereocenters. The van der Waals surface area contributed by atoms with Gasteiger partial charge in [-0.25, -0.2) is 13.5 Å². The molecule has 0 amide bonds. The minimum atomic E-state index is -0.530. The number of nitrogens with one attached hydrogen (secondary N) is 1. The van der Waals surface area contributed by atoms with E-state index in [4.69, 9.17) is 0 Å². The molecule has 0 atom stereocenters. The Bertz CT molecular complexity index is 540. The summed E-state index contributed by atoms with van der Waals surface area (Å²) in [6.07, 6.45) is 1.60. The molecule has 0 spiro atoms. The van der Waals surface area contributed by atoms with Crippen LogP contribution in [0.25, 0.3) is 5.69 Å². The number of aromatic nitrogens is 2. The zero-order chi connectivity index (χ0) is 12.4. The summed E-state index contributed by atoms with van der Waals surface area (Å²) >= 11 is 2.93. The molecule has 17 heavy (non-hydrogen) atoms. The van der Waals surface area contributed by atoms with Crippen molar-refractivity contribution in [2.75, 3.05) is 7.05 Å². The van der Waals surface area contributed by atoms with Crippen LogP contribution in [0.3, 0.4) is 0 Å². The lowest BCUT2D eigenvalue weighted by Crippen LogP contribution is -2.07. The highest BCUT2D eigenvalue weighted by atomic mass is 79.9. The molecule has 0 bridgehead atoms. The highest BCUT2D eigenvalue weighted by Gasteiger charge is 2.11. The van der Waals surface area contributed by atoms with Crippen LogP contribution in [0.1, 0.15) is 5.69 Å². The first-order valence-electron chi connectivity index (χ1n) is 4.96. The van der Waals surface area contributed by atoms with Gasteiger partial charge in [-0.2, -0.15) is 5.10 Å². The molecule has 6 heteroatoms. The minimum absolute atomic E-state index is 0.0908. The fourth-order valence-corrected chi connectivity index (χ4v) is 1.77. The topological polar surface area (TPSA) is 29.9 Å². The van der Waals surface area contributed by atoms with Crippen molar-refractivity contribution in [1.82, 2.24) is 15.1 Å². The van der Waals surface area contributed by atoms with Gasteiger partial charge in [0.05, 0.1) is 10.2 Å². The zero-order valence-corrected chi connectivity index (χ0v) is 10.6. The summed E-state index contributed by atoms with van der Waals surface area (Å²) in [6.45, 7) is 0.577. The number of hydrogen-bond acceptors (Lipinski definition) is 2. The molecule has 0 radical (unpaired) electrons. The molecule has 0 saturated carbocycles. The maximum absolute atomic E-state index is 13.6. The summed E-state index contributed by atoms with van der Waals surface area (Å²) in [4.78, 5) is 0. The summed E-state index contributed by atoms with van der Waals surface area (Å²) in [5, 5.41) is 7.07. The van der Waals surface area contributed by atoms with Gasteiger partial charge in [0.15, 0.2) is 0 Å². The fourth-order valence-electron chi connectivity index (χ4n) is 1.46. The summed E-state index contributed by atoms with van der Waals surface area (Å²) < 4.78 is 28.4. The Kier molecular flexibility index (Phi) is 3.54. The first-order chi connectivity index (χ1) is 8.11. The predicted molar refractivity (Wildman–Crippen MR) is 63.9 cm³/mol. The van der Waals surface area contributed by atoms with Crippen molar-refractivity contribution in [2.45, 2.75) is 6.54 Å². The third kappa shape index (κ3) is 2.53. The van der Waals surface area contributed by atoms with Crippen molar-refractivity contribution < 1.29 is 8.78 Å². The summed E-state index contributed by atoms with van der Waals surface area (Å²) in [5.41, 5.74) is 0.850. The lowest BCUT2D eigenvalue weighted by atomic mass is 10.3. The summed E-state index contributed by atoms with van der Waals surface area (Å²) in [5.74, 6) is -1.05. The maximum atomic E-state index is 13.6. The SMILES string of the molecule is CNCc1ccn(-c2cc(F)c(Br)cc2F)n1. The van der Waals surface area contributed by atoms with Gasteiger partial charge in [0, 0.05) is 18.8 Å². The van der Waals surface area contributed by atoms with Crippen molar-refractivity contribution in [3.63, 3.8) is 0 Å². The van der Waals surface area contributed by atoms with Crippen molar-refractivity contribution in [2.24, 2.45) is 0 Å². The molecule has 0 aliphatic heterocycles. The highest BCUT2D eigenvalue weighted by Crippen LogP contribution is 2.22. The summed E-state index contributed by atoms with van der Waals surface area (Å²) in [6, 6.07) is 3.94. The normalized spacial score (nSPS) is 10.8. The van der Waals surface area contributed by atoms with Crippen LogP contribution in [0.5, 0.6) is 0 Å². The van der Waals surface area contributed by atoms with E-state index in [-0.39, 0.29) is 10.2 Å². The molecule has 0 aliphatic carbocycles. The molecule has 0 fully saturated rings. The molecule has 0 aliphatic rings. The Hall–Kier alpha value is -1.27. The average Bonchev–Trinajstić information content (AvgIpc) is 2.72. The van der Waals surface area contributed by atoms with Gasteiger partial charge in [0.25, 0.3) is 0 Å². The van der Waals surface area contributed by atoms with Crippen LogP contribution in [-0.2, 0) is 6.54 Å². The Morgan fingerprint density at radius 2 is 2.12 bits per heavy atom. The molecule has 1 N–H and O–H groups in total. The van der Waals surface area contributed by atoms with Crippen LogP contribution in [0, 0.1) is 11.6 Å². The van der Waals surface area contributed by atoms with Gasteiger partial charge in [-0.05, 0) is 35.1 Å². The van der Waals surface area contributed by atoms with E-state index in [2.05, 4.69) is 26.3 Å². The molecule has 1 aromatic heterocycles. The van der Waals surface area contributed by atoms with Crippen LogP contribution in [-0.4, -0.2) is 16.8 Å². The van der Waals surface area contributed by atoms with Crippen LogP contribution < -0.4 is 5.32 Å². The Labute approximate surface area is 106 Å². The Morgan fingerprint density at radius 3 is 2.82 bits per heavy atom. The van der Waals surface area contributed by atoms with E-state index >= 15 is 0 Å². The van der Waals surface area contributed by atoms with Crippen molar-refractivity contribution in [3.8, 4) is 5.69 Å². The number of hydrogen-bond donors (Lipinski definition) is 1. The molecule has 3 nitrogen and oxygen atoms in total. The molecule has 2 rings (SSSR count). The van der Waals surface area contributed by atoms with Gasteiger partial charge >= 0.3 is 0 Å². The van der Waals surface area contributed by atoms with E-state index in [1.165, 1.54) is 4.68 Å². The minimum Gasteiger partial charge on any atom is -0.314 e. The van der Waals surface area contributed by atoms with E-state index in [1.54, 1.807) is 19.3 Å². The number of halogens is 3. The molecular formula is C11H10BrF2N3. The van der Waals surface area contributed by atoms with Gasteiger partial charge in [-0.15, -0.1) is 0 Å². The lowest BCUT2D eigenvalue weighted by molar-refractivity contribution is 0.580. The van der Waals surface area contributed by atoms with Crippen molar-refractivity contribution >= 4 is 15.9 Å². The quantitative estimate of drug-likeness (QED) is 0.883. The maximum Gasteiger partial charge on any atom is 0.150 e. The zero-order valence-electron chi connectivity index (χ0n) is 9.04. The fraction of sp³-hybridized carbons (Fsp3) is 0.182. The Balaban J connectivity index is 2.41. The van der Waals surface area contributed by atoms with E-state index in [9.17, 15) is 8.78 Å². The van der Waals surface area contributed by atoms with E-state index in [0.717, 1.165) is 17.8 Å². The smallest absolute Gasteiger partial charge is 0.150 e. The van der Waals surface area contributed by atoms with Crippen LogP contribution >= 0.6 is 15.9 Å². The van der Waals surface area contributed by atoms with Gasteiger partial charge in [-0.3, -0.25) is 0 Å². The summed E-state index contributed by atoms with van der Waals surface area (Å²) in [7, 11) is 1.79. The standard InChI is InChI=1S/C11H10BrF2N3/c1-15-6-7-2-3-17(16-7)11-5-9(13)8(12)4-10(11)14/h2-5,15H,6H2,1H3. The second-order valence-electron chi connectivity index (χ2n) is 3.50. The van der Waals surface area contributed by atoms with Crippen molar-refractivity contribution in [1.29, 1.82) is 0 Å². The van der Waals surface area contributed by atoms with E-state index in [0.29, 0.717) is 6.54 Å². The Morgan fingerprint density at radius 1 is 1.35 bits per heavy atom. The molecule has 90 valence electrons. The number of benzene rings is 1. The molecule has 0 saturated heterocycles. The van der Waals surface area contributed by atoms with Crippen LogP contribution in [0.4, 0.5) is 8.78 Å². The third-order valence-corrected chi connectivity index (χ3v) is 2.85. The number of rotatable bonds is 3. The van der Waals surface area contributed by atoms with E-state index < -0.39 is 11.6 Å². The van der Waals surface area contributed by atoms with Crippen LogP contribution in [0.2, 0.25) is 0 Å². The van der Waals surface area contributed by atoms with Gasteiger partial charge in [0.2, 0.25) is 0 Å². The predicted octanol–water partition coefficient (Wildman–Crippen LogP) is 2.63. The lowest BCUT2D eigenvalue weighted by Gasteiger charge is -2.04. The first kappa shape index (κ1) is 12.2. The molecule has 1 aromatic carbocycles. The van der Waals surface area contributed by atoms with Gasteiger partial charge in [-0.1, -0.05) is 0 Å². The second-order valence-corrected chi connectivity index (χ2v) is 4.35. The number of nitrogens with zero attached hydrogens (tertiary/aromatic N) is 2. The molecule has 1 heterocycles. The van der Waals surface area contributed by atoms with Gasteiger partial charge < -0.3 is 5.32 Å². The monoisotopic (exact) mass is 301 g/mol. The van der Waals surface area contributed by atoms with E-state index in [1.807, 2.05) is 0 Å². The molecular weight excluding hydrogens is 292 g/mol. The first-order valence-corrected chi connectivity index (χ1v) is 5.75. The van der Waals surface area contributed by atoms with Crippen LogP contribution in [0.15, 0.2) is 28.9 Å². The highest BCUT2D eigenvalue weighted by molar-refractivity contribution is 9.10. The largest absolute Gasteiger partial charge is 0.314 e. The second kappa shape index (κ2) is 4.93. The molecule has 2 aromatic rings.